The lowest BCUT2D eigenvalue weighted by atomic mass is 10.1. The molecule has 0 fully saturated rings. The molecule has 0 aliphatic heterocycles. The van der Waals surface area contributed by atoms with Gasteiger partial charge in [-0.3, -0.25) is 4.68 Å². The van der Waals surface area contributed by atoms with Crippen molar-refractivity contribution in [1.82, 2.24) is 20.0 Å². The van der Waals surface area contributed by atoms with Crippen molar-refractivity contribution in [2.24, 2.45) is 5.73 Å². The minimum absolute atomic E-state index is 0.375. The first-order valence-corrected chi connectivity index (χ1v) is 6.31. The van der Waals surface area contributed by atoms with E-state index in [1.807, 2.05) is 11.6 Å². The van der Waals surface area contributed by atoms with Crippen LogP contribution in [0.1, 0.15) is 24.4 Å². The van der Waals surface area contributed by atoms with Gasteiger partial charge in [0.2, 0.25) is 5.88 Å². The highest BCUT2D eigenvalue weighted by molar-refractivity contribution is 9.10. The van der Waals surface area contributed by atoms with Gasteiger partial charge in [0.15, 0.2) is 0 Å². The maximum Gasteiger partial charge on any atom is 0.233 e. The van der Waals surface area contributed by atoms with Crippen LogP contribution in [0.15, 0.2) is 22.8 Å². The Morgan fingerprint density at radius 2 is 2.22 bits per heavy atom. The van der Waals surface area contributed by atoms with Crippen molar-refractivity contribution in [1.29, 1.82) is 0 Å². The Bertz CT molecular complexity index is 525. The summed E-state index contributed by atoms with van der Waals surface area (Å²) in [6, 6.07) is 3.17. The van der Waals surface area contributed by atoms with Gasteiger partial charge in [0, 0.05) is 12.6 Å². The smallest absolute Gasteiger partial charge is 0.233 e. The molecule has 0 spiro atoms. The fourth-order valence-electron chi connectivity index (χ4n) is 1.68. The molecule has 1 atom stereocenters. The van der Waals surface area contributed by atoms with Crippen molar-refractivity contribution >= 4 is 15.9 Å². The standard InChI is InChI=1S/C11H14BrN5O/c1-3-17-11(7(12)6-14-17)10(13)8-4-5-9(18-2)16-15-8/h4-6,10H,3,13H2,1-2H3. The number of aryl methyl sites for hydroxylation is 1. The minimum atomic E-state index is -0.375. The summed E-state index contributed by atoms with van der Waals surface area (Å²) < 4.78 is 7.67. The highest BCUT2D eigenvalue weighted by Gasteiger charge is 2.19. The summed E-state index contributed by atoms with van der Waals surface area (Å²) in [7, 11) is 1.55. The minimum Gasteiger partial charge on any atom is -0.480 e. The Kier molecular flexibility index (Phi) is 3.93. The molecule has 0 aliphatic carbocycles. The second kappa shape index (κ2) is 5.45. The van der Waals surface area contributed by atoms with Crippen molar-refractivity contribution in [2.45, 2.75) is 19.5 Å². The first-order chi connectivity index (χ1) is 8.67. The maximum atomic E-state index is 6.20. The number of ether oxygens (including phenoxy) is 1. The van der Waals surface area contributed by atoms with Crippen LogP contribution in [0.2, 0.25) is 0 Å². The number of hydrogen-bond donors (Lipinski definition) is 1. The molecule has 96 valence electrons. The lowest BCUT2D eigenvalue weighted by Crippen LogP contribution is -2.19. The molecule has 2 N–H and O–H groups in total. The van der Waals surface area contributed by atoms with E-state index in [0.29, 0.717) is 11.6 Å². The molecule has 6 nitrogen and oxygen atoms in total. The summed E-state index contributed by atoms with van der Waals surface area (Å²) in [5.41, 5.74) is 7.75. The zero-order chi connectivity index (χ0) is 13.1. The van der Waals surface area contributed by atoms with Crippen LogP contribution in [0, 0.1) is 0 Å². The predicted octanol–water partition coefficient (Wildman–Crippen LogP) is 1.51. The summed E-state index contributed by atoms with van der Waals surface area (Å²) in [4.78, 5) is 0. The Balaban J connectivity index is 2.34. The zero-order valence-electron chi connectivity index (χ0n) is 10.2. The van der Waals surface area contributed by atoms with Crippen molar-refractivity contribution < 1.29 is 4.74 Å². The summed E-state index contributed by atoms with van der Waals surface area (Å²) in [5.74, 6) is 0.467. The van der Waals surface area contributed by atoms with Crippen molar-refractivity contribution in [2.75, 3.05) is 7.11 Å². The average Bonchev–Trinajstić information content (AvgIpc) is 2.79. The number of rotatable bonds is 4. The summed E-state index contributed by atoms with van der Waals surface area (Å²) in [6.07, 6.45) is 1.73. The van der Waals surface area contributed by atoms with Crippen molar-refractivity contribution in [3.8, 4) is 5.88 Å². The Morgan fingerprint density at radius 1 is 1.44 bits per heavy atom. The van der Waals surface area contributed by atoms with E-state index in [9.17, 15) is 0 Å². The molecular formula is C11H14BrN5O. The summed E-state index contributed by atoms with van der Waals surface area (Å²) in [6.45, 7) is 2.76. The van der Waals surface area contributed by atoms with Crippen LogP contribution in [0.5, 0.6) is 5.88 Å². The van der Waals surface area contributed by atoms with E-state index in [-0.39, 0.29) is 6.04 Å². The third kappa shape index (κ3) is 2.37. The second-order valence-electron chi connectivity index (χ2n) is 3.67. The van der Waals surface area contributed by atoms with Crippen LogP contribution in [-0.2, 0) is 6.54 Å². The first-order valence-electron chi connectivity index (χ1n) is 5.51. The summed E-state index contributed by atoms with van der Waals surface area (Å²) in [5, 5.41) is 12.2. The molecule has 0 radical (unpaired) electrons. The largest absolute Gasteiger partial charge is 0.480 e. The molecule has 0 aliphatic rings. The molecule has 0 saturated heterocycles. The van der Waals surface area contributed by atoms with Crippen LogP contribution in [0.3, 0.4) is 0 Å². The molecule has 7 heteroatoms. The van der Waals surface area contributed by atoms with E-state index in [1.165, 1.54) is 0 Å². The third-order valence-corrected chi connectivity index (χ3v) is 3.23. The lowest BCUT2D eigenvalue weighted by Gasteiger charge is -2.13. The molecule has 2 aromatic heterocycles. The molecule has 0 aromatic carbocycles. The Labute approximate surface area is 113 Å². The van der Waals surface area contributed by atoms with Crippen LogP contribution in [0.4, 0.5) is 0 Å². The molecule has 0 saturated carbocycles. The number of nitrogens with zero attached hydrogens (tertiary/aromatic N) is 4. The number of aromatic nitrogens is 4. The molecule has 0 bridgehead atoms. The number of nitrogens with two attached hydrogens (primary N) is 1. The van der Waals surface area contributed by atoms with Gasteiger partial charge in [0.25, 0.3) is 0 Å². The SMILES string of the molecule is CCn1ncc(Br)c1C(N)c1ccc(OC)nn1. The first kappa shape index (κ1) is 13.0. The molecule has 1 unspecified atom stereocenters. The highest BCUT2D eigenvalue weighted by Crippen LogP contribution is 2.25. The molecule has 2 aromatic rings. The third-order valence-electron chi connectivity index (χ3n) is 2.62. The van der Waals surface area contributed by atoms with Gasteiger partial charge in [0.05, 0.1) is 35.2 Å². The summed E-state index contributed by atoms with van der Waals surface area (Å²) >= 11 is 3.45. The quantitative estimate of drug-likeness (QED) is 0.926. The van der Waals surface area contributed by atoms with Gasteiger partial charge >= 0.3 is 0 Å². The monoisotopic (exact) mass is 311 g/mol. The number of methoxy groups -OCH3 is 1. The van der Waals surface area contributed by atoms with E-state index in [4.69, 9.17) is 10.5 Å². The van der Waals surface area contributed by atoms with Gasteiger partial charge in [-0.05, 0) is 28.9 Å². The van der Waals surface area contributed by atoms with Gasteiger partial charge in [-0.2, -0.15) is 5.10 Å². The van der Waals surface area contributed by atoms with E-state index in [1.54, 1.807) is 25.4 Å². The fraction of sp³-hybridized carbons (Fsp3) is 0.364. The van der Waals surface area contributed by atoms with E-state index in [0.717, 1.165) is 16.7 Å². The molecule has 2 rings (SSSR count). The molecule has 0 amide bonds. The van der Waals surface area contributed by atoms with Crippen LogP contribution >= 0.6 is 15.9 Å². The van der Waals surface area contributed by atoms with Gasteiger partial charge in [0.1, 0.15) is 0 Å². The molecular weight excluding hydrogens is 298 g/mol. The average molecular weight is 312 g/mol. The van der Waals surface area contributed by atoms with Gasteiger partial charge < -0.3 is 10.5 Å². The zero-order valence-corrected chi connectivity index (χ0v) is 11.8. The normalized spacial score (nSPS) is 12.4. The van der Waals surface area contributed by atoms with Gasteiger partial charge in [-0.15, -0.1) is 10.2 Å². The predicted molar refractivity (Wildman–Crippen MR) is 70.2 cm³/mol. The van der Waals surface area contributed by atoms with Crippen molar-refractivity contribution in [3.05, 3.63) is 34.2 Å². The van der Waals surface area contributed by atoms with Gasteiger partial charge in [-0.25, -0.2) is 0 Å². The van der Waals surface area contributed by atoms with E-state index < -0.39 is 0 Å². The number of hydrogen-bond acceptors (Lipinski definition) is 5. The van der Waals surface area contributed by atoms with E-state index >= 15 is 0 Å². The van der Waals surface area contributed by atoms with Crippen LogP contribution < -0.4 is 10.5 Å². The Hall–Kier alpha value is -1.47. The van der Waals surface area contributed by atoms with Gasteiger partial charge in [-0.1, -0.05) is 0 Å². The van der Waals surface area contributed by atoms with Crippen molar-refractivity contribution in [3.63, 3.8) is 0 Å². The fourth-order valence-corrected chi connectivity index (χ4v) is 2.22. The lowest BCUT2D eigenvalue weighted by molar-refractivity contribution is 0.390. The Morgan fingerprint density at radius 3 is 2.78 bits per heavy atom. The van der Waals surface area contributed by atoms with Crippen LogP contribution in [0.25, 0.3) is 0 Å². The molecule has 2 heterocycles. The highest BCUT2D eigenvalue weighted by atomic mass is 79.9. The topological polar surface area (TPSA) is 78.9 Å². The number of halogens is 1. The van der Waals surface area contributed by atoms with Crippen LogP contribution in [-0.4, -0.2) is 27.1 Å². The maximum absolute atomic E-state index is 6.20. The van der Waals surface area contributed by atoms with E-state index in [2.05, 4.69) is 31.2 Å². The second-order valence-corrected chi connectivity index (χ2v) is 4.53. The molecule has 18 heavy (non-hydrogen) atoms.